The minimum atomic E-state index is -0.0127. The fourth-order valence-corrected chi connectivity index (χ4v) is 4.30. The zero-order valence-corrected chi connectivity index (χ0v) is 11.9. The van der Waals surface area contributed by atoms with Crippen LogP contribution in [-0.2, 0) is 4.79 Å². The molecular weight excluding hydrogens is 252 g/mol. The second kappa shape index (κ2) is 6.69. The summed E-state index contributed by atoms with van der Waals surface area (Å²) in [6, 6.07) is 0.414. The molecule has 1 amide bonds. The van der Waals surface area contributed by atoms with Crippen LogP contribution >= 0.6 is 23.5 Å². The van der Waals surface area contributed by atoms with Gasteiger partial charge in [-0.25, -0.2) is 0 Å². The molecule has 1 aliphatic heterocycles. The van der Waals surface area contributed by atoms with Gasteiger partial charge < -0.3 is 5.32 Å². The summed E-state index contributed by atoms with van der Waals surface area (Å²) >= 11 is 3.37. The lowest BCUT2D eigenvalue weighted by Crippen LogP contribution is -2.40. The number of nitrogens with zero attached hydrogens (tertiary/aromatic N) is 1. The van der Waals surface area contributed by atoms with Crippen molar-refractivity contribution < 1.29 is 4.79 Å². The molecule has 3 nitrogen and oxygen atoms in total. The first-order valence-corrected chi connectivity index (χ1v) is 8.26. The van der Waals surface area contributed by atoms with E-state index in [0.29, 0.717) is 6.04 Å². The summed E-state index contributed by atoms with van der Waals surface area (Å²) in [7, 11) is 0. The Morgan fingerprint density at radius 3 is 2.88 bits per heavy atom. The van der Waals surface area contributed by atoms with Gasteiger partial charge in [0.1, 0.15) is 4.38 Å². The molecule has 0 aromatic carbocycles. The predicted octanol–water partition coefficient (Wildman–Crippen LogP) is 2.66. The average molecular weight is 272 g/mol. The van der Waals surface area contributed by atoms with Gasteiger partial charge in [-0.2, -0.15) is 0 Å². The highest BCUT2D eigenvalue weighted by molar-refractivity contribution is 8.39. The van der Waals surface area contributed by atoms with E-state index in [1.165, 1.54) is 19.3 Å². The zero-order valence-electron chi connectivity index (χ0n) is 10.3. The number of amides is 1. The lowest BCUT2D eigenvalue weighted by atomic mass is 9.95. The maximum absolute atomic E-state index is 12.0. The summed E-state index contributed by atoms with van der Waals surface area (Å²) in [5.41, 5.74) is 0. The summed E-state index contributed by atoms with van der Waals surface area (Å²) in [6.45, 7) is 2.88. The van der Waals surface area contributed by atoms with Crippen molar-refractivity contribution in [3.8, 4) is 0 Å². The van der Waals surface area contributed by atoms with E-state index in [0.717, 1.165) is 29.5 Å². The van der Waals surface area contributed by atoms with Gasteiger partial charge in [-0.15, -0.1) is 0 Å². The van der Waals surface area contributed by atoms with Crippen molar-refractivity contribution in [1.29, 1.82) is 0 Å². The van der Waals surface area contributed by atoms with Crippen molar-refractivity contribution in [1.82, 2.24) is 5.32 Å². The standard InChI is InChI=1S/C12H20N2OS2/c1-9(17-12-13-7-8-16-12)11(15)14-10-5-3-2-4-6-10/h9-10H,2-8H2,1H3,(H,14,15). The Morgan fingerprint density at radius 1 is 1.47 bits per heavy atom. The Hall–Kier alpha value is -0.160. The summed E-state index contributed by atoms with van der Waals surface area (Å²) < 4.78 is 1.08. The minimum Gasteiger partial charge on any atom is -0.352 e. The van der Waals surface area contributed by atoms with E-state index < -0.39 is 0 Å². The van der Waals surface area contributed by atoms with Crippen LogP contribution in [0.15, 0.2) is 4.99 Å². The van der Waals surface area contributed by atoms with Crippen molar-refractivity contribution in [3.63, 3.8) is 0 Å². The summed E-state index contributed by atoms with van der Waals surface area (Å²) in [6.07, 6.45) is 6.14. The minimum absolute atomic E-state index is 0.0127. The lowest BCUT2D eigenvalue weighted by Gasteiger charge is -2.24. The first kappa shape index (κ1) is 13.3. The molecule has 0 aromatic rings. The number of carbonyl (C=O) groups is 1. The lowest BCUT2D eigenvalue weighted by molar-refractivity contribution is -0.121. The second-order valence-corrected chi connectivity index (χ2v) is 7.27. The Balaban J connectivity index is 1.74. The first-order valence-electron chi connectivity index (χ1n) is 6.40. The number of thioether (sulfide) groups is 2. The summed E-state index contributed by atoms with van der Waals surface area (Å²) in [4.78, 5) is 16.4. The average Bonchev–Trinajstić information content (AvgIpc) is 2.83. The van der Waals surface area contributed by atoms with Gasteiger partial charge in [-0.1, -0.05) is 42.8 Å². The molecule has 1 N–H and O–H groups in total. The van der Waals surface area contributed by atoms with Crippen molar-refractivity contribution in [2.75, 3.05) is 12.3 Å². The van der Waals surface area contributed by atoms with Gasteiger partial charge in [0.05, 0.1) is 11.8 Å². The van der Waals surface area contributed by atoms with E-state index in [4.69, 9.17) is 0 Å². The maximum atomic E-state index is 12.0. The fourth-order valence-electron chi connectivity index (χ4n) is 2.16. The van der Waals surface area contributed by atoms with Crippen LogP contribution < -0.4 is 5.32 Å². The number of rotatable bonds is 3. The van der Waals surface area contributed by atoms with Gasteiger partial charge >= 0.3 is 0 Å². The Kier molecular flexibility index (Phi) is 5.22. The molecule has 0 spiro atoms. The van der Waals surface area contributed by atoms with Crippen LogP contribution in [-0.4, -0.2) is 33.9 Å². The third kappa shape index (κ3) is 4.21. The highest BCUT2D eigenvalue weighted by Crippen LogP contribution is 2.26. The highest BCUT2D eigenvalue weighted by Gasteiger charge is 2.22. The molecular formula is C12H20N2OS2. The van der Waals surface area contributed by atoms with E-state index in [1.54, 1.807) is 23.5 Å². The van der Waals surface area contributed by atoms with Crippen molar-refractivity contribution >= 4 is 33.8 Å². The van der Waals surface area contributed by atoms with Crippen LogP contribution in [0.25, 0.3) is 0 Å². The third-order valence-corrected chi connectivity index (χ3v) is 5.46. The van der Waals surface area contributed by atoms with Gasteiger partial charge in [0.15, 0.2) is 0 Å². The maximum Gasteiger partial charge on any atom is 0.233 e. The molecule has 2 aliphatic rings. The Bertz CT molecular complexity index is 301. The van der Waals surface area contributed by atoms with Crippen LogP contribution in [0.4, 0.5) is 0 Å². The predicted molar refractivity (Wildman–Crippen MR) is 76.8 cm³/mol. The molecule has 1 unspecified atom stereocenters. The molecule has 5 heteroatoms. The molecule has 2 rings (SSSR count). The molecule has 17 heavy (non-hydrogen) atoms. The Labute approximate surface area is 112 Å². The SMILES string of the molecule is CC(SC1=NCCS1)C(=O)NC1CCCCC1. The van der Waals surface area contributed by atoms with E-state index >= 15 is 0 Å². The molecule has 0 radical (unpaired) electrons. The molecule has 0 aromatic heterocycles. The van der Waals surface area contributed by atoms with Crippen molar-refractivity contribution in [2.45, 2.75) is 50.3 Å². The highest BCUT2D eigenvalue weighted by atomic mass is 32.2. The van der Waals surface area contributed by atoms with Gasteiger partial charge in [0.2, 0.25) is 5.91 Å². The second-order valence-electron chi connectivity index (χ2n) is 4.60. The quantitative estimate of drug-likeness (QED) is 0.859. The molecule has 0 bridgehead atoms. The Morgan fingerprint density at radius 2 is 2.24 bits per heavy atom. The molecule has 0 saturated heterocycles. The van der Waals surface area contributed by atoms with Crippen molar-refractivity contribution in [3.05, 3.63) is 0 Å². The largest absolute Gasteiger partial charge is 0.352 e. The van der Waals surface area contributed by atoms with Gasteiger partial charge in [0.25, 0.3) is 0 Å². The van der Waals surface area contributed by atoms with E-state index in [9.17, 15) is 4.79 Å². The number of nitrogens with one attached hydrogen (secondary N) is 1. The van der Waals surface area contributed by atoms with Gasteiger partial charge in [-0.05, 0) is 19.8 Å². The number of hydrogen-bond acceptors (Lipinski definition) is 4. The van der Waals surface area contributed by atoms with Crippen LogP contribution in [0, 0.1) is 0 Å². The van der Waals surface area contributed by atoms with Crippen molar-refractivity contribution in [2.24, 2.45) is 4.99 Å². The fraction of sp³-hybridized carbons (Fsp3) is 0.833. The van der Waals surface area contributed by atoms with Crippen LogP contribution in [0.1, 0.15) is 39.0 Å². The molecule has 1 heterocycles. The van der Waals surface area contributed by atoms with E-state index in [2.05, 4.69) is 10.3 Å². The number of carbonyl (C=O) groups excluding carboxylic acids is 1. The summed E-state index contributed by atoms with van der Waals surface area (Å²) in [5.74, 6) is 1.25. The number of aliphatic imine (C=N–C) groups is 1. The molecule has 1 atom stereocenters. The third-order valence-electron chi connectivity index (χ3n) is 3.16. The van der Waals surface area contributed by atoms with Crippen LogP contribution in [0.2, 0.25) is 0 Å². The normalized spacial score (nSPS) is 23.2. The number of hydrogen-bond donors (Lipinski definition) is 1. The summed E-state index contributed by atoms with van der Waals surface area (Å²) in [5, 5.41) is 3.16. The van der Waals surface area contributed by atoms with Crippen LogP contribution in [0.3, 0.4) is 0 Å². The van der Waals surface area contributed by atoms with Crippen LogP contribution in [0.5, 0.6) is 0 Å². The first-order chi connectivity index (χ1) is 8.25. The molecule has 1 aliphatic carbocycles. The molecule has 1 saturated carbocycles. The van der Waals surface area contributed by atoms with Gasteiger partial charge in [0, 0.05) is 11.8 Å². The topological polar surface area (TPSA) is 41.5 Å². The molecule has 1 fully saturated rings. The molecule has 96 valence electrons. The van der Waals surface area contributed by atoms with Gasteiger partial charge in [-0.3, -0.25) is 9.79 Å². The van der Waals surface area contributed by atoms with E-state index in [-0.39, 0.29) is 11.2 Å². The zero-order chi connectivity index (χ0) is 12.1. The van der Waals surface area contributed by atoms with E-state index in [1.807, 2.05) is 6.92 Å². The monoisotopic (exact) mass is 272 g/mol. The smallest absolute Gasteiger partial charge is 0.233 e.